The summed E-state index contributed by atoms with van der Waals surface area (Å²) in [6, 6.07) is 0. The molecule has 0 atom stereocenters. The van der Waals surface area contributed by atoms with Crippen LogP contribution in [0.2, 0.25) is 0 Å². The van der Waals surface area contributed by atoms with Gasteiger partial charge in [0.05, 0.1) is 11.3 Å². The van der Waals surface area contributed by atoms with Crippen molar-refractivity contribution in [3.63, 3.8) is 0 Å². The van der Waals surface area contributed by atoms with Crippen molar-refractivity contribution in [3.05, 3.63) is 0 Å². The zero-order valence-corrected chi connectivity index (χ0v) is 8.25. The maximum Gasteiger partial charge on any atom is 0.231 e. The van der Waals surface area contributed by atoms with E-state index in [2.05, 4.69) is 5.32 Å². The molecule has 5 nitrogen and oxygen atoms in total. The highest BCUT2D eigenvalue weighted by Gasteiger charge is 2.46. The third-order valence-corrected chi connectivity index (χ3v) is 3.12. The summed E-state index contributed by atoms with van der Waals surface area (Å²) in [5, 5.41) is 3.08. The predicted molar refractivity (Wildman–Crippen MR) is 50.2 cm³/mol. The van der Waals surface area contributed by atoms with Crippen LogP contribution in [0.3, 0.4) is 0 Å². The number of nitrogens with two attached hydrogens (primary N) is 1. The molecule has 5 heteroatoms. The van der Waals surface area contributed by atoms with Crippen LogP contribution in [-0.2, 0) is 9.59 Å². The lowest BCUT2D eigenvalue weighted by molar-refractivity contribution is -0.153. The summed E-state index contributed by atoms with van der Waals surface area (Å²) < 4.78 is 0. The third kappa shape index (κ3) is 1.28. The summed E-state index contributed by atoms with van der Waals surface area (Å²) in [5.41, 5.74) is 4.88. The Kier molecular flexibility index (Phi) is 1.99. The second-order valence-corrected chi connectivity index (χ2v) is 4.47. The number of nitrogens with zero attached hydrogens (tertiary/aromatic N) is 1. The SMILES string of the molecule is CC1(C(=O)N2CC(C(N)=O)C2)CNC1. The van der Waals surface area contributed by atoms with Gasteiger partial charge in [-0.05, 0) is 6.92 Å². The van der Waals surface area contributed by atoms with Gasteiger partial charge in [-0.1, -0.05) is 0 Å². The van der Waals surface area contributed by atoms with Gasteiger partial charge in [-0.3, -0.25) is 9.59 Å². The summed E-state index contributed by atoms with van der Waals surface area (Å²) >= 11 is 0. The van der Waals surface area contributed by atoms with Crippen molar-refractivity contribution < 1.29 is 9.59 Å². The lowest BCUT2D eigenvalue weighted by Crippen LogP contribution is -2.65. The number of hydrogen-bond donors (Lipinski definition) is 2. The molecule has 0 bridgehead atoms. The molecule has 0 radical (unpaired) electrons. The second-order valence-electron chi connectivity index (χ2n) is 4.47. The van der Waals surface area contributed by atoms with Gasteiger partial charge in [0, 0.05) is 26.2 Å². The largest absolute Gasteiger partial charge is 0.369 e. The molecule has 0 spiro atoms. The molecule has 0 aromatic carbocycles. The number of carbonyl (C=O) groups excluding carboxylic acids is 2. The minimum absolute atomic E-state index is 0.129. The molecule has 2 saturated heterocycles. The van der Waals surface area contributed by atoms with Crippen LogP contribution in [0.4, 0.5) is 0 Å². The number of amides is 2. The Morgan fingerprint density at radius 3 is 2.36 bits per heavy atom. The molecule has 2 amide bonds. The molecule has 0 saturated carbocycles. The summed E-state index contributed by atoms with van der Waals surface area (Å²) in [6.45, 7) is 4.43. The van der Waals surface area contributed by atoms with Crippen LogP contribution in [-0.4, -0.2) is 42.9 Å². The number of primary amides is 1. The van der Waals surface area contributed by atoms with Gasteiger partial charge in [0.2, 0.25) is 11.8 Å². The molecule has 0 aromatic heterocycles. The molecule has 2 fully saturated rings. The molecule has 0 unspecified atom stereocenters. The van der Waals surface area contributed by atoms with Gasteiger partial charge in [-0.2, -0.15) is 0 Å². The molecule has 2 aliphatic rings. The Morgan fingerprint density at radius 2 is 2.00 bits per heavy atom. The van der Waals surface area contributed by atoms with Crippen molar-refractivity contribution in [3.8, 4) is 0 Å². The van der Waals surface area contributed by atoms with Gasteiger partial charge in [-0.25, -0.2) is 0 Å². The van der Waals surface area contributed by atoms with Crippen molar-refractivity contribution in [2.75, 3.05) is 26.2 Å². The third-order valence-electron chi connectivity index (χ3n) is 3.12. The van der Waals surface area contributed by atoms with Crippen LogP contribution in [0.15, 0.2) is 0 Å². The average molecular weight is 197 g/mol. The summed E-state index contributed by atoms with van der Waals surface area (Å²) in [5.74, 6) is -0.282. The van der Waals surface area contributed by atoms with Crippen molar-refractivity contribution in [2.45, 2.75) is 6.92 Å². The maximum atomic E-state index is 11.8. The molecular formula is C9H15N3O2. The van der Waals surface area contributed by atoms with E-state index in [0.717, 1.165) is 13.1 Å². The number of carbonyl (C=O) groups is 2. The highest BCUT2D eigenvalue weighted by atomic mass is 16.2. The quantitative estimate of drug-likeness (QED) is 0.568. The van der Waals surface area contributed by atoms with Crippen LogP contribution < -0.4 is 11.1 Å². The maximum absolute atomic E-state index is 11.8. The molecule has 3 N–H and O–H groups in total. The Labute approximate surface area is 82.6 Å². The van der Waals surface area contributed by atoms with Crippen LogP contribution >= 0.6 is 0 Å². The molecule has 14 heavy (non-hydrogen) atoms. The molecular weight excluding hydrogens is 182 g/mol. The number of likely N-dealkylation sites (tertiary alicyclic amines) is 1. The zero-order valence-electron chi connectivity index (χ0n) is 8.25. The Bertz CT molecular complexity index is 280. The van der Waals surface area contributed by atoms with Crippen molar-refractivity contribution >= 4 is 11.8 Å². The van der Waals surface area contributed by atoms with Gasteiger partial charge in [0.1, 0.15) is 0 Å². The molecule has 2 aliphatic heterocycles. The second kappa shape index (κ2) is 2.95. The highest BCUT2D eigenvalue weighted by molar-refractivity contribution is 5.87. The van der Waals surface area contributed by atoms with Crippen molar-refractivity contribution in [1.29, 1.82) is 0 Å². The lowest BCUT2D eigenvalue weighted by Gasteiger charge is -2.46. The van der Waals surface area contributed by atoms with Gasteiger partial charge in [-0.15, -0.1) is 0 Å². The standard InChI is InChI=1S/C9H15N3O2/c1-9(4-11-5-9)8(14)12-2-6(3-12)7(10)13/h6,11H,2-5H2,1H3,(H2,10,13). The first-order chi connectivity index (χ1) is 6.53. The first-order valence-electron chi connectivity index (χ1n) is 4.82. The van der Waals surface area contributed by atoms with Crippen molar-refractivity contribution in [2.24, 2.45) is 17.1 Å². The fourth-order valence-corrected chi connectivity index (χ4v) is 1.86. The van der Waals surface area contributed by atoms with E-state index in [9.17, 15) is 9.59 Å². The average Bonchev–Trinajstić information content (AvgIpc) is 1.96. The zero-order chi connectivity index (χ0) is 10.3. The molecule has 2 rings (SSSR count). The van der Waals surface area contributed by atoms with Crippen molar-refractivity contribution in [1.82, 2.24) is 10.2 Å². The number of nitrogens with one attached hydrogen (secondary N) is 1. The Hall–Kier alpha value is -1.10. The number of hydrogen-bond acceptors (Lipinski definition) is 3. The Balaban J connectivity index is 1.87. The van der Waals surface area contributed by atoms with E-state index in [1.165, 1.54) is 0 Å². The Morgan fingerprint density at radius 1 is 1.43 bits per heavy atom. The predicted octanol–water partition coefficient (Wildman–Crippen LogP) is -1.46. The van der Waals surface area contributed by atoms with Gasteiger partial charge in [0.15, 0.2) is 0 Å². The summed E-state index contributed by atoms with van der Waals surface area (Å²) in [6.07, 6.45) is 0. The van der Waals surface area contributed by atoms with E-state index in [0.29, 0.717) is 13.1 Å². The molecule has 0 aliphatic carbocycles. The normalized spacial score (nSPS) is 25.1. The van der Waals surface area contributed by atoms with Gasteiger partial charge < -0.3 is 16.0 Å². The highest BCUT2D eigenvalue weighted by Crippen LogP contribution is 2.28. The van der Waals surface area contributed by atoms with Crippen LogP contribution in [0.25, 0.3) is 0 Å². The summed E-state index contributed by atoms with van der Waals surface area (Å²) in [7, 11) is 0. The lowest BCUT2D eigenvalue weighted by atomic mass is 9.81. The van der Waals surface area contributed by atoms with Crippen LogP contribution in [0, 0.1) is 11.3 Å². The van der Waals surface area contributed by atoms with Gasteiger partial charge in [0.25, 0.3) is 0 Å². The molecule has 78 valence electrons. The monoisotopic (exact) mass is 197 g/mol. The fraction of sp³-hybridized carbons (Fsp3) is 0.778. The first kappa shape index (κ1) is 9.45. The van der Waals surface area contributed by atoms with E-state index in [4.69, 9.17) is 5.73 Å². The minimum atomic E-state index is -0.300. The van der Waals surface area contributed by atoms with E-state index < -0.39 is 0 Å². The van der Waals surface area contributed by atoms with E-state index in [-0.39, 0.29) is 23.1 Å². The van der Waals surface area contributed by atoms with E-state index >= 15 is 0 Å². The fourth-order valence-electron chi connectivity index (χ4n) is 1.86. The topological polar surface area (TPSA) is 75.4 Å². The number of rotatable bonds is 2. The minimum Gasteiger partial charge on any atom is -0.369 e. The summed E-state index contributed by atoms with van der Waals surface area (Å²) in [4.78, 5) is 24.3. The van der Waals surface area contributed by atoms with Crippen LogP contribution in [0.5, 0.6) is 0 Å². The smallest absolute Gasteiger partial charge is 0.231 e. The van der Waals surface area contributed by atoms with Crippen LogP contribution in [0.1, 0.15) is 6.92 Å². The first-order valence-corrected chi connectivity index (χ1v) is 4.82. The van der Waals surface area contributed by atoms with Gasteiger partial charge >= 0.3 is 0 Å². The molecule has 0 aromatic rings. The molecule has 2 heterocycles. The van der Waals surface area contributed by atoms with E-state index in [1.807, 2.05) is 6.92 Å². The van der Waals surface area contributed by atoms with E-state index in [1.54, 1.807) is 4.90 Å².